The van der Waals surface area contributed by atoms with Crippen molar-refractivity contribution < 1.29 is 14.0 Å². The van der Waals surface area contributed by atoms with Crippen LogP contribution in [0.15, 0.2) is 48.5 Å². The summed E-state index contributed by atoms with van der Waals surface area (Å²) in [5.41, 5.74) is 1.56. The van der Waals surface area contributed by atoms with Crippen LogP contribution in [0.4, 0.5) is 4.39 Å². The van der Waals surface area contributed by atoms with Crippen LogP contribution in [-0.2, 0) is 16.0 Å². The highest BCUT2D eigenvalue weighted by Gasteiger charge is 2.46. The molecule has 1 fully saturated rings. The van der Waals surface area contributed by atoms with E-state index >= 15 is 0 Å². The van der Waals surface area contributed by atoms with Gasteiger partial charge >= 0.3 is 0 Å². The van der Waals surface area contributed by atoms with E-state index in [0.717, 1.165) is 11.1 Å². The molecule has 0 spiro atoms. The molecule has 2 aromatic rings. The number of halogens is 1. The third-order valence-electron chi connectivity index (χ3n) is 5.37. The first kappa shape index (κ1) is 19.1. The zero-order valence-corrected chi connectivity index (χ0v) is 16.0. The van der Waals surface area contributed by atoms with Crippen molar-refractivity contribution in [3.8, 4) is 11.1 Å². The highest BCUT2D eigenvalue weighted by Crippen LogP contribution is 2.39. The van der Waals surface area contributed by atoms with Gasteiger partial charge in [-0.1, -0.05) is 42.5 Å². The summed E-state index contributed by atoms with van der Waals surface area (Å²) in [5, 5.41) is 0. The number of amides is 2. The molecule has 0 saturated carbocycles. The average molecular weight is 368 g/mol. The summed E-state index contributed by atoms with van der Waals surface area (Å²) in [6, 6.07) is 14.3. The van der Waals surface area contributed by atoms with Crippen molar-refractivity contribution in [2.75, 3.05) is 27.2 Å². The summed E-state index contributed by atoms with van der Waals surface area (Å²) in [6.45, 7) is 2.49. The average Bonchev–Trinajstić information content (AvgIpc) is 3.08. The summed E-state index contributed by atoms with van der Waals surface area (Å²) in [7, 11) is 3.48. The van der Waals surface area contributed by atoms with Crippen LogP contribution < -0.4 is 0 Å². The molecule has 1 saturated heterocycles. The van der Waals surface area contributed by atoms with Crippen LogP contribution in [0, 0.1) is 11.2 Å². The van der Waals surface area contributed by atoms with Gasteiger partial charge in [0.1, 0.15) is 5.82 Å². The number of carbonyl (C=O) groups is 2. The number of nitrogens with zero attached hydrogens (tertiary/aromatic N) is 2. The van der Waals surface area contributed by atoms with Crippen molar-refractivity contribution in [3.63, 3.8) is 0 Å². The van der Waals surface area contributed by atoms with Crippen molar-refractivity contribution in [1.29, 1.82) is 0 Å². The number of benzene rings is 2. The Morgan fingerprint density at radius 3 is 2.30 bits per heavy atom. The first-order chi connectivity index (χ1) is 12.8. The standard InChI is InChI=1S/C22H25FN2O2/c1-16(26)25-13-12-22(15-25,21(27)24(2)3)14-17-8-4-5-9-18(17)19-10-6-7-11-20(19)23/h4-11H,12-15H2,1-3H3. The Bertz CT molecular complexity index is 865. The lowest BCUT2D eigenvalue weighted by atomic mass is 9.77. The van der Waals surface area contributed by atoms with Crippen LogP contribution in [0.2, 0.25) is 0 Å². The van der Waals surface area contributed by atoms with Gasteiger partial charge in [-0.3, -0.25) is 9.59 Å². The Balaban J connectivity index is 2.02. The van der Waals surface area contributed by atoms with Gasteiger partial charge in [-0.2, -0.15) is 0 Å². The number of hydrogen-bond donors (Lipinski definition) is 0. The second kappa shape index (κ2) is 7.51. The van der Waals surface area contributed by atoms with E-state index < -0.39 is 5.41 Å². The van der Waals surface area contributed by atoms with E-state index in [0.29, 0.717) is 31.5 Å². The van der Waals surface area contributed by atoms with E-state index in [4.69, 9.17) is 0 Å². The summed E-state index contributed by atoms with van der Waals surface area (Å²) in [6.07, 6.45) is 1.08. The summed E-state index contributed by atoms with van der Waals surface area (Å²) in [5.74, 6) is -0.296. The molecule has 5 heteroatoms. The second-order valence-corrected chi connectivity index (χ2v) is 7.48. The minimum Gasteiger partial charge on any atom is -0.348 e. The highest BCUT2D eigenvalue weighted by atomic mass is 19.1. The van der Waals surface area contributed by atoms with Crippen LogP contribution in [0.25, 0.3) is 11.1 Å². The number of carbonyl (C=O) groups excluding carboxylic acids is 2. The molecule has 1 aliphatic rings. The molecule has 1 atom stereocenters. The van der Waals surface area contributed by atoms with Gasteiger partial charge < -0.3 is 9.80 Å². The van der Waals surface area contributed by atoms with Crippen molar-refractivity contribution in [1.82, 2.24) is 9.80 Å². The normalized spacial score (nSPS) is 19.2. The third-order valence-corrected chi connectivity index (χ3v) is 5.37. The monoisotopic (exact) mass is 368 g/mol. The maximum Gasteiger partial charge on any atom is 0.230 e. The second-order valence-electron chi connectivity index (χ2n) is 7.48. The lowest BCUT2D eigenvalue weighted by Gasteiger charge is -2.31. The quantitative estimate of drug-likeness (QED) is 0.830. The molecule has 0 N–H and O–H groups in total. The zero-order chi connectivity index (χ0) is 19.6. The molecular weight excluding hydrogens is 343 g/mol. The lowest BCUT2D eigenvalue weighted by molar-refractivity contribution is -0.139. The lowest BCUT2D eigenvalue weighted by Crippen LogP contribution is -2.44. The van der Waals surface area contributed by atoms with Gasteiger partial charge in [0.2, 0.25) is 11.8 Å². The molecule has 0 bridgehead atoms. The molecule has 2 aromatic carbocycles. The molecule has 0 radical (unpaired) electrons. The van der Waals surface area contributed by atoms with Gasteiger partial charge in [0.25, 0.3) is 0 Å². The van der Waals surface area contributed by atoms with Gasteiger partial charge in [0.15, 0.2) is 0 Å². The first-order valence-corrected chi connectivity index (χ1v) is 9.14. The molecule has 4 nitrogen and oxygen atoms in total. The SMILES string of the molecule is CC(=O)N1CCC(Cc2ccccc2-c2ccccc2F)(C(=O)N(C)C)C1. The van der Waals surface area contributed by atoms with E-state index in [2.05, 4.69) is 0 Å². The Hall–Kier alpha value is -2.69. The fourth-order valence-electron chi connectivity index (χ4n) is 3.99. The predicted molar refractivity (Wildman–Crippen MR) is 104 cm³/mol. The molecule has 142 valence electrons. The fraction of sp³-hybridized carbons (Fsp3) is 0.364. The minimum atomic E-state index is -0.684. The van der Waals surface area contributed by atoms with Gasteiger partial charge in [0.05, 0.1) is 5.41 Å². The maximum absolute atomic E-state index is 14.4. The van der Waals surface area contributed by atoms with Crippen LogP contribution in [0.1, 0.15) is 18.9 Å². The van der Waals surface area contributed by atoms with Crippen LogP contribution in [-0.4, -0.2) is 48.8 Å². The summed E-state index contributed by atoms with van der Waals surface area (Å²) in [4.78, 5) is 28.3. The number of rotatable bonds is 4. The van der Waals surface area contributed by atoms with Crippen molar-refractivity contribution in [3.05, 3.63) is 59.9 Å². The van der Waals surface area contributed by atoms with Crippen molar-refractivity contribution >= 4 is 11.8 Å². The van der Waals surface area contributed by atoms with E-state index in [9.17, 15) is 14.0 Å². The van der Waals surface area contributed by atoms with Crippen LogP contribution in [0.3, 0.4) is 0 Å². The largest absolute Gasteiger partial charge is 0.348 e. The topological polar surface area (TPSA) is 40.6 Å². The Morgan fingerprint density at radius 1 is 1.07 bits per heavy atom. The molecule has 1 unspecified atom stereocenters. The number of likely N-dealkylation sites (tertiary alicyclic amines) is 1. The first-order valence-electron chi connectivity index (χ1n) is 9.14. The van der Waals surface area contributed by atoms with E-state index in [1.807, 2.05) is 30.3 Å². The summed E-state index contributed by atoms with van der Waals surface area (Å²) < 4.78 is 14.4. The third kappa shape index (κ3) is 3.72. The van der Waals surface area contributed by atoms with Gasteiger partial charge in [-0.05, 0) is 30.0 Å². The predicted octanol–water partition coefficient (Wildman–Crippen LogP) is 3.36. The molecule has 2 amide bonds. The highest BCUT2D eigenvalue weighted by molar-refractivity contribution is 5.85. The van der Waals surface area contributed by atoms with Crippen LogP contribution >= 0.6 is 0 Å². The minimum absolute atomic E-state index is 0.00888. The molecule has 27 heavy (non-hydrogen) atoms. The van der Waals surface area contributed by atoms with Gasteiger partial charge in [-0.15, -0.1) is 0 Å². The van der Waals surface area contributed by atoms with Crippen LogP contribution in [0.5, 0.6) is 0 Å². The van der Waals surface area contributed by atoms with E-state index in [1.54, 1.807) is 36.0 Å². The Morgan fingerprint density at radius 2 is 1.70 bits per heavy atom. The van der Waals surface area contributed by atoms with E-state index in [1.165, 1.54) is 13.0 Å². The van der Waals surface area contributed by atoms with E-state index in [-0.39, 0.29) is 17.6 Å². The number of hydrogen-bond acceptors (Lipinski definition) is 2. The molecule has 0 aromatic heterocycles. The smallest absolute Gasteiger partial charge is 0.230 e. The van der Waals surface area contributed by atoms with Crippen molar-refractivity contribution in [2.45, 2.75) is 19.8 Å². The summed E-state index contributed by atoms with van der Waals surface area (Å²) >= 11 is 0. The molecule has 1 aliphatic heterocycles. The molecule has 3 rings (SSSR count). The molecular formula is C22H25FN2O2. The maximum atomic E-state index is 14.4. The fourth-order valence-corrected chi connectivity index (χ4v) is 3.99. The van der Waals surface area contributed by atoms with Gasteiger partial charge in [0, 0.05) is 39.7 Å². The zero-order valence-electron chi connectivity index (χ0n) is 16.0. The molecule has 0 aliphatic carbocycles. The van der Waals surface area contributed by atoms with Gasteiger partial charge in [-0.25, -0.2) is 4.39 Å². The Labute approximate surface area is 159 Å². The molecule has 1 heterocycles. The van der Waals surface area contributed by atoms with Crippen molar-refractivity contribution in [2.24, 2.45) is 5.41 Å². The Kier molecular flexibility index (Phi) is 5.31.